The topological polar surface area (TPSA) is 63.5 Å². The molecule has 6 nitrogen and oxygen atoms in total. The van der Waals surface area contributed by atoms with Crippen LogP contribution in [0.15, 0.2) is 48.0 Å². The first kappa shape index (κ1) is 24.4. The number of nitrogens with zero attached hydrogens (tertiary/aromatic N) is 3. The van der Waals surface area contributed by atoms with E-state index in [4.69, 9.17) is 9.73 Å². The van der Waals surface area contributed by atoms with Crippen LogP contribution in [0, 0.1) is 5.41 Å². The normalized spacial score (nSPS) is 13.0. The summed E-state index contributed by atoms with van der Waals surface area (Å²) in [4.78, 5) is 8.82. The summed E-state index contributed by atoms with van der Waals surface area (Å²) < 4.78 is 7.68. The summed E-state index contributed by atoms with van der Waals surface area (Å²) in [6.07, 6.45) is 5.71. The standard InChI is InChI=1S/C21H33N5O.HI/c1-6-23-20(25-14-19(27-5)21(2,3)4)24-13-17-8-7-9-18(12-17)15-26-11-10-22-16-26;/h7-12,16,19H,6,13-15H2,1-5H3,(H2,23,24,25);1H. The van der Waals surface area contributed by atoms with E-state index in [0.717, 1.165) is 19.0 Å². The maximum Gasteiger partial charge on any atom is 0.191 e. The molecule has 0 aliphatic heterocycles. The molecule has 0 saturated heterocycles. The van der Waals surface area contributed by atoms with Gasteiger partial charge in [0.2, 0.25) is 0 Å². The summed E-state index contributed by atoms with van der Waals surface area (Å²) in [7, 11) is 1.76. The Morgan fingerprint density at radius 1 is 1.25 bits per heavy atom. The summed E-state index contributed by atoms with van der Waals surface area (Å²) in [5, 5.41) is 6.71. The van der Waals surface area contributed by atoms with Crippen LogP contribution in [0.2, 0.25) is 0 Å². The van der Waals surface area contributed by atoms with E-state index in [1.54, 1.807) is 13.3 Å². The summed E-state index contributed by atoms with van der Waals surface area (Å²) in [5.41, 5.74) is 2.50. The van der Waals surface area contributed by atoms with Crippen LogP contribution in [0.5, 0.6) is 0 Å². The average Bonchev–Trinajstić information content (AvgIpc) is 3.12. The maximum absolute atomic E-state index is 5.62. The van der Waals surface area contributed by atoms with Crippen LogP contribution < -0.4 is 10.6 Å². The lowest BCUT2D eigenvalue weighted by Gasteiger charge is -2.30. The Hall–Kier alpha value is -1.61. The number of rotatable bonds is 8. The van der Waals surface area contributed by atoms with Crippen molar-refractivity contribution in [2.45, 2.75) is 46.9 Å². The molecular weight excluding hydrogens is 465 g/mol. The first-order valence-electron chi connectivity index (χ1n) is 9.51. The fraction of sp³-hybridized carbons (Fsp3) is 0.524. The van der Waals surface area contributed by atoms with E-state index in [-0.39, 0.29) is 35.5 Å². The molecule has 2 aromatic rings. The van der Waals surface area contributed by atoms with Crippen LogP contribution >= 0.6 is 24.0 Å². The number of guanidine groups is 1. The number of halogens is 1. The van der Waals surface area contributed by atoms with Gasteiger partial charge in [-0.25, -0.2) is 9.98 Å². The quantitative estimate of drug-likeness (QED) is 0.331. The minimum absolute atomic E-state index is 0. The van der Waals surface area contributed by atoms with Crippen molar-refractivity contribution in [1.82, 2.24) is 20.2 Å². The van der Waals surface area contributed by atoms with E-state index in [2.05, 4.69) is 72.1 Å². The van der Waals surface area contributed by atoms with Gasteiger partial charge in [0.1, 0.15) is 0 Å². The Labute approximate surface area is 186 Å². The van der Waals surface area contributed by atoms with Gasteiger partial charge >= 0.3 is 0 Å². The first-order chi connectivity index (χ1) is 12.9. The number of ether oxygens (including phenoxy) is 1. The van der Waals surface area contributed by atoms with Gasteiger partial charge in [0.05, 0.1) is 19.0 Å². The molecular formula is C21H34IN5O. The number of aliphatic imine (C=N–C) groups is 1. The molecule has 0 aliphatic carbocycles. The predicted octanol–water partition coefficient (Wildman–Crippen LogP) is 3.67. The molecule has 7 heteroatoms. The zero-order valence-electron chi connectivity index (χ0n) is 17.6. The summed E-state index contributed by atoms with van der Waals surface area (Å²) in [6, 6.07) is 8.51. The zero-order chi connectivity index (χ0) is 19.7. The highest BCUT2D eigenvalue weighted by atomic mass is 127. The summed E-state index contributed by atoms with van der Waals surface area (Å²) >= 11 is 0. The highest BCUT2D eigenvalue weighted by Gasteiger charge is 2.24. The van der Waals surface area contributed by atoms with E-state index in [9.17, 15) is 0 Å². The van der Waals surface area contributed by atoms with Crippen molar-refractivity contribution in [2.75, 3.05) is 20.2 Å². The molecule has 1 atom stereocenters. The first-order valence-corrected chi connectivity index (χ1v) is 9.51. The molecule has 0 spiro atoms. The highest BCUT2D eigenvalue weighted by Crippen LogP contribution is 2.20. The lowest BCUT2D eigenvalue weighted by atomic mass is 9.89. The van der Waals surface area contributed by atoms with Gasteiger partial charge in [0, 0.05) is 39.1 Å². The van der Waals surface area contributed by atoms with Crippen molar-refractivity contribution in [1.29, 1.82) is 0 Å². The maximum atomic E-state index is 5.62. The van der Waals surface area contributed by atoms with Crippen molar-refractivity contribution in [3.63, 3.8) is 0 Å². The highest BCUT2D eigenvalue weighted by molar-refractivity contribution is 14.0. The van der Waals surface area contributed by atoms with Crippen molar-refractivity contribution in [2.24, 2.45) is 10.4 Å². The van der Waals surface area contributed by atoms with Crippen molar-refractivity contribution in [3.8, 4) is 0 Å². The molecule has 1 unspecified atom stereocenters. The Bertz CT molecular complexity index is 710. The number of benzene rings is 1. The number of nitrogens with one attached hydrogen (secondary N) is 2. The van der Waals surface area contributed by atoms with Crippen molar-refractivity contribution >= 4 is 29.9 Å². The van der Waals surface area contributed by atoms with Gasteiger partial charge in [-0.1, -0.05) is 45.0 Å². The van der Waals surface area contributed by atoms with Crippen molar-refractivity contribution < 1.29 is 4.74 Å². The monoisotopic (exact) mass is 499 g/mol. The predicted molar refractivity (Wildman–Crippen MR) is 126 cm³/mol. The van der Waals surface area contributed by atoms with Gasteiger partial charge in [-0.05, 0) is 23.5 Å². The SMILES string of the molecule is CCNC(=NCc1cccc(Cn2ccnc2)c1)NCC(OC)C(C)(C)C.I. The fourth-order valence-corrected chi connectivity index (χ4v) is 2.86. The van der Waals surface area contributed by atoms with Gasteiger partial charge in [-0.2, -0.15) is 0 Å². The minimum atomic E-state index is 0. The second-order valence-corrected chi connectivity index (χ2v) is 7.72. The molecule has 156 valence electrons. The van der Waals surface area contributed by atoms with Crippen molar-refractivity contribution in [3.05, 3.63) is 54.1 Å². The Balaban J connectivity index is 0.00000392. The van der Waals surface area contributed by atoms with E-state index in [1.165, 1.54) is 11.1 Å². The molecule has 0 amide bonds. The number of methoxy groups -OCH3 is 1. The molecule has 28 heavy (non-hydrogen) atoms. The average molecular weight is 499 g/mol. The number of hydrogen-bond donors (Lipinski definition) is 2. The van der Waals surface area contributed by atoms with Gasteiger partial charge in [-0.3, -0.25) is 0 Å². The molecule has 0 saturated carbocycles. The molecule has 0 bridgehead atoms. The molecule has 1 aromatic carbocycles. The van der Waals surface area contributed by atoms with E-state index < -0.39 is 0 Å². The molecule has 2 rings (SSSR count). The zero-order valence-corrected chi connectivity index (χ0v) is 19.9. The second-order valence-electron chi connectivity index (χ2n) is 7.72. The second kappa shape index (κ2) is 12.1. The van der Waals surface area contributed by atoms with E-state index in [1.807, 2.05) is 12.5 Å². The fourth-order valence-electron chi connectivity index (χ4n) is 2.86. The Morgan fingerprint density at radius 2 is 2.00 bits per heavy atom. The third-order valence-corrected chi connectivity index (χ3v) is 4.39. The number of imidazole rings is 1. The number of aromatic nitrogens is 2. The molecule has 0 radical (unpaired) electrons. The van der Waals surface area contributed by atoms with Gasteiger partial charge in [-0.15, -0.1) is 24.0 Å². The third kappa shape index (κ3) is 8.18. The lowest BCUT2D eigenvalue weighted by Crippen LogP contribution is -2.45. The summed E-state index contributed by atoms with van der Waals surface area (Å²) in [5.74, 6) is 0.809. The molecule has 1 heterocycles. The van der Waals surface area contributed by atoms with E-state index in [0.29, 0.717) is 13.1 Å². The van der Waals surface area contributed by atoms with Crippen LogP contribution in [0.4, 0.5) is 0 Å². The van der Waals surface area contributed by atoms with Crippen LogP contribution in [0.25, 0.3) is 0 Å². The minimum Gasteiger partial charge on any atom is -0.379 e. The summed E-state index contributed by atoms with van der Waals surface area (Å²) in [6.45, 7) is 11.6. The van der Waals surface area contributed by atoms with Crippen LogP contribution in [-0.4, -0.2) is 41.8 Å². The van der Waals surface area contributed by atoms with Crippen LogP contribution in [0.3, 0.4) is 0 Å². The third-order valence-electron chi connectivity index (χ3n) is 4.39. The molecule has 2 N–H and O–H groups in total. The van der Waals surface area contributed by atoms with Crippen LogP contribution in [0.1, 0.15) is 38.8 Å². The lowest BCUT2D eigenvalue weighted by molar-refractivity contribution is 0.0205. The van der Waals surface area contributed by atoms with Gasteiger partial charge in [0.25, 0.3) is 0 Å². The van der Waals surface area contributed by atoms with Gasteiger partial charge < -0.3 is 19.9 Å². The Kier molecular flexibility index (Phi) is 10.5. The van der Waals surface area contributed by atoms with Crippen LogP contribution in [-0.2, 0) is 17.8 Å². The van der Waals surface area contributed by atoms with Gasteiger partial charge in [0.15, 0.2) is 5.96 Å². The van der Waals surface area contributed by atoms with E-state index >= 15 is 0 Å². The smallest absolute Gasteiger partial charge is 0.191 e. The number of hydrogen-bond acceptors (Lipinski definition) is 3. The Morgan fingerprint density at radius 3 is 2.61 bits per heavy atom. The largest absolute Gasteiger partial charge is 0.379 e. The molecule has 0 fully saturated rings. The molecule has 1 aromatic heterocycles. The molecule has 0 aliphatic rings.